The number of aliphatic hydroxyl groups is 1. The molecule has 1 unspecified atom stereocenters. The van der Waals surface area contributed by atoms with Crippen LogP contribution in [0.15, 0.2) is 103 Å². The standard InChI is InChI=1S/C43H58N2O3/c1-5-8-17-36-22-25-40(26-23-36)43(4,46)45(31-30-44(28-9-6-2)29-10-7-3)33-39-24-27-41(47-34-37-18-13-11-14-19-37)42(32-39)48-35-38-20-15-12-16-21-38/h11-16,18-27,32,46H,5-10,17,28-31,33-35H2,1-4H3. The van der Waals surface area contributed by atoms with Crippen LogP contribution < -0.4 is 9.47 Å². The lowest BCUT2D eigenvalue weighted by atomic mass is 9.98. The summed E-state index contributed by atoms with van der Waals surface area (Å²) in [5.41, 5.74) is 4.35. The summed E-state index contributed by atoms with van der Waals surface area (Å²) in [5.74, 6) is 1.42. The van der Waals surface area contributed by atoms with Crippen molar-refractivity contribution in [2.75, 3.05) is 26.2 Å². The summed E-state index contributed by atoms with van der Waals surface area (Å²) in [4.78, 5) is 4.79. The van der Waals surface area contributed by atoms with E-state index in [0.29, 0.717) is 31.3 Å². The van der Waals surface area contributed by atoms with Gasteiger partial charge in [0.15, 0.2) is 11.5 Å². The molecular formula is C43H58N2O3. The normalized spacial score (nSPS) is 12.7. The average molecular weight is 651 g/mol. The van der Waals surface area contributed by atoms with Gasteiger partial charge in [0.2, 0.25) is 0 Å². The van der Waals surface area contributed by atoms with Crippen LogP contribution >= 0.6 is 0 Å². The lowest BCUT2D eigenvalue weighted by Gasteiger charge is -2.39. The zero-order valence-electron chi connectivity index (χ0n) is 29.9. The molecule has 0 heterocycles. The summed E-state index contributed by atoms with van der Waals surface area (Å²) in [5, 5.41) is 12.3. The zero-order chi connectivity index (χ0) is 34.0. The molecular weight excluding hydrogens is 592 g/mol. The zero-order valence-corrected chi connectivity index (χ0v) is 29.9. The van der Waals surface area contributed by atoms with Crippen molar-refractivity contribution in [3.8, 4) is 11.5 Å². The number of rotatable bonds is 22. The predicted octanol–water partition coefficient (Wildman–Crippen LogP) is 9.76. The number of benzene rings is 4. The Balaban J connectivity index is 1.60. The van der Waals surface area contributed by atoms with Gasteiger partial charge in [-0.05, 0) is 85.6 Å². The summed E-state index contributed by atoms with van der Waals surface area (Å²) in [6.45, 7) is 14.0. The second-order valence-corrected chi connectivity index (χ2v) is 13.1. The Kier molecular flexibility index (Phi) is 15.5. The van der Waals surface area contributed by atoms with Crippen LogP contribution in [-0.2, 0) is 31.9 Å². The monoisotopic (exact) mass is 650 g/mol. The van der Waals surface area contributed by atoms with Crippen molar-refractivity contribution >= 4 is 0 Å². The molecule has 0 bridgehead atoms. The fourth-order valence-electron chi connectivity index (χ4n) is 5.94. The molecule has 5 heteroatoms. The van der Waals surface area contributed by atoms with Gasteiger partial charge in [-0.1, -0.05) is 131 Å². The largest absolute Gasteiger partial charge is 0.485 e. The minimum absolute atomic E-state index is 0.446. The molecule has 4 rings (SSSR count). The topological polar surface area (TPSA) is 45.2 Å². The Morgan fingerprint density at radius 1 is 0.562 bits per heavy atom. The highest BCUT2D eigenvalue weighted by Gasteiger charge is 2.32. The van der Waals surface area contributed by atoms with Crippen molar-refractivity contribution in [1.29, 1.82) is 0 Å². The van der Waals surface area contributed by atoms with E-state index in [1.807, 2.05) is 49.4 Å². The molecule has 4 aromatic carbocycles. The average Bonchev–Trinajstić information content (AvgIpc) is 3.12. The smallest absolute Gasteiger partial charge is 0.162 e. The van der Waals surface area contributed by atoms with Crippen molar-refractivity contribution in [2.24, 2.45) is 0 Å². The molecule has 258 valence electrons. The molecule has 0 saturated carbocycles. The lowest BCUT2D eigenvalue weighted by molar-refractivity contribution is -0.109. The molecule has 0 aromatic heterocycles. The summed E-state index contributed by atoms with van der Waals surface area (Å²) in [6, 6.07) is 35.2. The fraction of sp³-hybridized carbons (Fsp3) is 0.442. The maximum Gasteiger partial charge on any atom is 0.162 e. The molecule has 0 radical (unpaired) electrons. The van der Waals surface area contributed by atoms with Crippen LogP contribution in [0.2, 0.25) is 0 Å². The molecule has 48 heavy (non-hydrogen) atoms. The Morgan fingerprint density at radius 2 is 1.10 bits per heavy atom. The first-order valence-electron chi connectivity index (χ1n) is 18.2. The predicted molar refractivity (Wildman–Crippen MR) is 199 cm³/mol. The molecule has 1 N–H and O–H groups in total. The minimum atomic E-state index is -1.15. The van der Waals surface area contributed by atoms with Gasteiger partial charge in [-0.2, -0.15) is 0 Å². The molecule has 0 aliphatic heterocycles. The number of hydrogen-bond donors (Lipinski definition) is 1. The van der Waals surface area contributed by atoms with E-state index in [4.69, 9.17) is 9.47 Å². The summed E-state index contributed by atoms with van der Waals surface area (Å²) in [7, 11) is 0. The van der Waals surface area contributed by atoms with Gasteiger partial charge >= 0.3 is 0 Å². The third-order valence-corrected chi connectivity index (χ3v) is 9.13. The van der Waals surface area contributed by atoms with Crippen molar-refractivity contribution in [3.05, 3.63) is 131 Å². The Labute approximate surface area is 290 Å². The lowest BCUT2D eigenvalue weighted by Crippen LogP contribution is -2.47. The van der Waals surface area contributed by atoms with Crippen molar-refractivity contribution < 1.29 is 14.6 Å². The van der Waals surface area contributed by atoms with Crippen LogP contribution in [0.25, 0.3) is 0 Å². The van der Waals surface area contributed by atoms with Crippen LogP contribution in [0, 0.1) is 0 Å². The van der Waals surface area contributed by atoms with Gasteiger partial charge in [-0.25, -0.2) is 0 Å². The molecule has 5 nitrogen and oxygen atoms in total. The first kappa shape index (κ1) is 37.2. The van der Waals surface area contributed by atoms with E-state index in [0.717, 1.165) is 54.9 Å². The summed E-state index contributed by atoms with van der Waals surface area (Å²) >= 11 is 0. The molecule has 0 fully saturated rings. The van der Waals surface area contributed by atoms with Crippen LogP contribution in [0.3, 0.4) is 0 Å². The molecule has 4 aromatic rings. The third kappa shape index (κ3) is 11.8. The number of nitrogens with zero attached hydrogens (tertiary/aromatic N) is 2. The SMILES string of the molecule is CCCCc1ccc(C(C)(O)N(CCN(CCCC)CCCC)Cc2ccc(OCc3ccccc3)c(OCc3ccccc3)c2)cc1. The third-order valence-electron chi connectivity index (χ3n) is 9.13. The Bertz CT molecular complexity index is 1430. The highest BCUT2D eigenvalue weighted by atomic mass is 16.5. The van der Waals surface area contributed by atoms with Crippen LogP contribution in [0.5, 0.6) is 11.5 Å². The Morgan fingerprint density at radius 3 is 1.67 bits per heavy atom. The van der Waals surface area contributed by atoms with Gasteiger partial charge < -0.3 is 19.5 Å². The molecule has 0 aliphatic rings. The maximum atomic E-state index is 12.3. The van der Waals surface area contributed by atoms with Gasteiger partial charge in [0.25, 0.3) is 0 Å². The van der Waals surface area contributed by atoms with E-state index >= 15 is 0 Å². The first-order chi connectivity index (χ1) is 23.4. The van der Waals surface area contributed by atoms with Crippen molar-refractivity contribution in [2.45, 2.75) is 98.1 Å². The van der Waals surface area contributed by atoms with E-state index in [1.165, 1.54) is 44.1 Å². The van der Waals surface area contributed by atoms with Gasteiger partial charge in [0.05, 0.1) is 0 Å². The second kappa shape index (κ2) is 20.0. The highest BCUT2D eigenvalue weighted by Crippen LogP contribution is 2.33. The van der Waals surface area contributed by atoms with Crippen LogP contribution in [0.1, 0.15) is 94.0 Å². The summed E-state index contributed by atoms with van der Waals surface area (Å²) < 4.78 is 12.7. The van der Waals surface area contributed by atoms with E-state index < -0.39 is 5.72 Å². The second-order valence-electron chi connectivity index (χ2n) is 13.1. The van der Waals surface area contributed by atoms with E-state index in [1.54, 1.807) is 0 Å². The van der Waals surface area contributed by atoms with E-state index in [-0.39, 0.29) is 0 Å². The van der Waals surface area contributed by atoms with Crippen molar-refractivity contribution in [3.63, 3.8) is 0 Å². The molecule has 0 saturated heterocycles. The van der Waals surface area contributed by atoms with Crippen LogP contribution in [-0.4, -0.2) is 41.1 Å². The fourth-order valence-corrected chi connectivity index (χ4v) is 5.94. The van der Waals surface area contributed by atoms with Crippen molar-refractivity contribution in [1.82, 2.24) is 9.80 Å². The van der Waals surface area contributed by atoms with Crippen LogP contribution in [0.4, 0.5) is 0 Å². The number of ether oxygens (including phenoxy) is 2. The van der Waals surface area contributed by atoms with Gasteiger partial charge in [0, 0.05) is 19.6 Å². The number of hydrogen-bond acceptors (Lipinski definition) is 5. The summed E-state index contributed by atoms with van der Waals surface area (Å²) in [6.07, 6.45) is 8.15. The van der Waals surface area contributed by atoms with Gasteiger partial charge in [-0.15, -0.1) is 0 Å². The van der Waals surface area contributed by atoms with Gasteiger partial charge in [-0.3, -0.25) is 4.90 Å². The Hall–Kier alpha value is -3.64. The molecule has 0 aliphatic carbocycles. The number of aryl methyl sites for hydroxylation is 1. The highest BCUT2D eigenvalue weighted by molar-refractivity contribution is 5.43. The molecule has 1 atom stereocenters. The molecule has 0 amide bonds. The first-order valence-corrected chi connectivity index (χ1v) is 18.2. The van der Waals surface area contributed by atoms with Gasteiger partial charge in [0.1, 0.15) is 18.9 Å². The van der Waals surface area contributed by atoms with E-state index in [2.05, 4.69) is 91.2 Å². The molecule has 0 spiro atoms. The maximum absolute atomic E-state index is 12.3. The minimum Gasteiger partial charge on any atom is -0.485 e. The number of unbranched alkanes of at least 4 members (excludes halogenated alkanes) is 3. The quantitative estimate of drug-likeness (QED) is 0.0858. The van der Waals surface area contributed by atoms with E-state index in [9.17, 15) is 5.11 Å².